The van der Waals surface area contributed by atoms with Crippen LogP contribution in [0.2, 0.25) is 0 Å². The number of aromatic hydroxyl groups is 1. The third-order valence-electron chi connectivity index (χ3n) is 2.49. The second-order valence-corrected chi connectivity index (χ2v) is 4.48. The molecule has 0 radical (unpaired) electrons. The molecular formula is C12H8BrN3O. The first kappa shape index (κ1) is 10.3. The van der Waals surface area contributed by atoms with Gasteiger partial charge in [0.25, 0.3) is 0 Å². The molecule has 0 fully saturated rings. The Labute approximate surface area is 106 Å². The molecule has 0 aliphatic carbocycles. The topological polar surface area (TPSA) is 50.4 Å². The van der Waals surface area contributed by atoms with E-state index in [1.54, 1.807) is 18.2 Å². The molecule has 17 heavy (non-hydrogen) atoms. The predicted octanol–water partition coefficient (Wildman–Crippen LogP) is 2.86. The Bertz CT molecular complexity index is 693. The van der Waals surface area contributed by atoms with Gasteiger partial charge in [0.15, 0.2) is 11.5 Å². The predicted molar refractivity (Wildman–Crippen MR) is 67.8 cm³/mol. The lowest BCUT2D eigenvalue weighted by atomic mass is 10.2. The van der Waals surface area contributed by atoms with Gasteiger partial charge in [0, 0.05) is 11.8 Å². The summed E-state index contributed by atoms with van der Waals surface area (Å²) in [7, 11) is 0. The second kappa shape index (κ2) is 3.85. The molecule has 2 heterocycles. The lowest BCUT2D eigenvalue weighted by molar-refractivity contribution is 0.475. The van der Waals surface area contributed by atoms with Crippen molar-refractivity contribution in [1.82, 2.24) is 14.6 Å². The van der Waals surface area contributed by atoms with Crippen molar-refractivity contribution in [3.05, 3.63) is 47.1 Å². The second-order valence-electron chi connectivity index (χ2n) is 3.62. The number of pyridine rings is 1. The number of benzene rings is 1. The summed E-state index contributed by atoms with van der Waals surface area (Å²) in [5.74, 6) is 0.923. The number of nitrogens with zero attached hydrogens (tertiary/aromatic N) is 3. The van der Waals surface area contributed by atoms with Gasteiger partial charge in [0.05, 0.1) is 4.47 Å². The van der Waals surface area contributed by atoms with Gasteiger partial charge in [0.2, 0.25) is 0 Å². The van der Waals surface area contributed by atoms with Crippen molar-refractivity contribution < 1.29 is 5.11 Å². The zero-order valence-corrected chi connectivity index (χ0v) is 10.3. The maximum atomic E-state index is 9.47. The summed E-state index contributed by atoms with van der Waals surface area (Å²) in [6.07, 6.45) is 1.89. The highest BCUT2D eigenvalue weighted by atomic mass is 79.9. The minimum atomic E-state index is 0.217. The third-order valence-corrected chi connectivity index (χ3v) is 3.11. The van der Waals surface area contributed by atoms with E-state index in [-0.39, 0.29) is 5.75 Å². The van der Waals surface area contributed by atoms with Gasteiger partial charge >= 0.3 is 0 Å². The minimum Gasteiger partial charge on any atom is -0.508 e. The molecule has 0 aliphatic rings. The van der Waals surface area contributed by atoms with E-state index in [1.807, 2.05) is 28.8 Å². The lowest BCUT2D eigenvalue weighted by Crippen LogP contribution is -1.88. The highest BCUT2D eigenvalue weighted by Crippen LogP contribution is 2.24. The van der Waals surface area contributed by atoms with E-state index in [1.165, 1.54) is 0 Å². The fraction of sp³-hybridized carbons (Fsp3) is 0. The number of fused-ring (bicyclic) bond motifs is 1. The van der Waals surface area contributed by atoms with Gasteiger partial charge in [-0.15, -0.1) is 10.2 Å². The van der Waals surface area contributed by atoms with Gasteiger partial charge in [-0.05, 0) is 40.2 Å². The molecule has 5 heteroatoms. The van der Waals surface area contributed by atoms with Gasteiger partial charge in [0.1, 0.15) is 5.75 Å². The van der Waals surface area contributed by atoms with Gasteiger partial charge < -0.3 is 5.11 Å². The van der Waals surface area contributed by atoms with Crippen LogP contribution in [0.15, 0.2) is 47.1 Å². The molecule has 4 nitrogen and oxygen atoms in total. The van der Waals surface area contributed by atoms with Crippen LogP contribution in [0.4, 0.5) is 0 Å². The molecule has 0 atom stereocenters. The maximum Gasteiger partial charge on any atom is 0.175 e. The van der Waals surface area contributed by atoms with Gasteiger partial charge in [-0.2, -0.15) is 0 Å². The molecule has 1 N–H and O–H groups in total. The molecule has 0 unspecified atom stereocenters. The average Bonchev–Trinajstić information content (AvgIpc) is 2.74. The van der Waals surface area contributed by atoms with Crippen LogP contribution in [-0.4, -0.2) is 19.7 Å². The van der Waals surface area contributed by atoms with Crippen LogP contribution < -0.4 is 0 Å². The quantitative estimate of drug-likeness (QED) is 0.749. The molecule has 0 aliphatic heterocycles. The summed E-state index contributed by atoms with van der Waals surface area (Å²) in [6.45, 7) is 0. The van der Waals surface area contributed by atoms with Crippen LogP contribution in [0.1, 0.15) is 0 Å². The van der Waals surface area contributed by atoms with Crippen LogP contribution >= 0.6 is 15.9 Å². The average molecular weight is 290 g/mol. The Morgan fingerprint density at radius 2 is 2.00 bits per heavy atom. The standard InChI is InChI=1S/C12H8BrN3O/c13-10-5-2-6-16-11(14-15-12(10)16)8-3-1-4-9(17)7-8/h1-7,17H. The highest BCUT2D eigenvalue weighted by molar-refractivity contribution is 9.10. The van der Waals surface area contributed by atoms with Crippen molar-refractivity contribution in [1.29, 1.82) is 0 Å². The summed E-state index contributed by atoms with van der Waals surface area (Å²) in [5.41, 5.74) is 1.58. The van der Waals surface area contributed by atoms with E-state index in [9.17, 15) is 5.11 Å². The summed E-state index contributed by atoms with van der Waals surface area (Å²) in [6, 6.07) is 10.8. The lowest BCUT2D eigenvalue weighted by Gasteiger charge is -2.01. The van der Waals surface area contributed by atoms with Crippen LogP contribution in [0, 0.1) is 0 Å². The molecule has 84 valence electrons. The first-order valence-corrected chi connectivity index (χ1v) is 5.83. The van der Waals surface area contributed by atoms with E-state index in [0.717, 1.165) is 15.7 Å². The smallest absolute Gasteiger partial charge is 0.175 e. The SMILES string of the molecule is Oc1cccc(-c2nnc3c(Br)cccn23)c1. The maximum absolute atomic E-state index is 9.47. The molecule has 0 saturated heterocycles. The molecule has 0 amide bonds. The van der Waals surface area contributed by atoms with Gasteiger partial charge in [-0.3, -0.25) is 4.40 Å². The third kappa shape index (κ3) is 1.68. The molecule has 3 aromatic rings. The van der Waals surface area contributed by atoms with E-state index in [0.29, 0.717) is 5.82 Å². The summed E-state index contributed by atoms with van der Waals surface area (Å²) in [5, 5.41) is 17.7. The molecule has 0 spiro atoms. The highest BCUT2D eigenvalue weighted by Gasteiger charge is 2.09. The zero-order valence-electron chi connectivity index (χ0n) is 8.71. The Hall–Kier alpha value is -1.88. The number of aromatic nitrogens is 3. The van der Waals surface area contributed by atoms with Gasteiger partial charge in [-0.1, -0.05) is 12.1 Å². The Balaban J connectivity index is 2.28. The normalized spacial score (nSPS) is 10.9. The van der Waals surface area contributed by atoms with Crippen LogP contribution in [-0.2, 0) is 0 Å². The number of halogens is 1. The van der Waals surface area contributed by atoms with Gasteiger partial charge in [-0.25, -0.2) is 0 Å². The van der Waals surface area contributed by atoms with Crippen LogP contribution in [0.3, 0.4) is 0 Å². The molecule has 0 bridgehead atoms. The number of phenols is 1. The van der Waals surface area contributed by atoms with Crippen molar-refractivity contribution in [3.63, 3.8) is 0 Å². The fourth-order valence-corrected chi connectivity index (χ4v) is 2.15. The molecule has 3 rings (SSSR count). The Morgan fingerprint density at radius 1 is 1.12 bits per heavy atom. The fourth-order valence-electron chi connectivity index (χ4n) is 1.73. The van der Waals surface area contributed by atoms with Crippen molar-refractivity contribution in [2.75, 3.05) is 0 Å². The minimum absolute atomic E-state index is 0.217. The summed E-state index contributed by atoms with van der Waals surface area (Å²) in [4.78, 5) is 0. The number of hydrogen-bond donors (Lipinski definition) is 1. The Morgan fingerprint density at radius 3 is 2.82 bits per heavy atom. The summed E-state index contributed by atoms with van der Waals surface area (Å²) < 4.78 is 2.76. The van der Waals surface area contributed by atoms with Crippen molar-refractivity contribution in [2.24, 2.45) is 0 Å². The van der Waals surface area contributed by atoms with E-state index < -0.39 is 0 Å². The molecular weight excluding hydrogens is 282 g/mol. The largest absolute Gasteiger partial charge is 0.508 e. The van der Waals surface area contributed by atoms with Crippen LogP contribution in [0.25, 0.3) is 17.0 Å². The number of phenolic OH excluding ortho intramolecular Hbond substituents is 1. The first-order valence-electron chi connectivity index (χ1n) is 5.04. The molecule has 1 aromatic carbocycles. The molecule has 2 aromatic heterocycles. The van der Waals surface area contributed by atoms with Crippen molar-refractivity contribution in [3.8, 4) is 17.1 Å². The zero-order chi connectivity index (χ0) is 11.8. The molecule has 0 saturated carbocycles. The monoisotopic (exact) mass is 289 g/mol. The van der Waals surface area contributed by atoms with E-state index in [2.05, 4.69) is 26.1 Å². The first-order chi connectivity index (χ1) is 8.25. The van der Waals surface area contributed by atoms with E-state index >= 15 is 0 Å². The van der Waals surface area contributed by atoms with E-state index in [4.69, 9.17) is 0 Å². The van der Waals surface area contributed by atoms with Crippen molar-refractivity contribution in [2.45, 2.75) is 0 Å². The van der Waals surface area contributed by atoms with Crippen LogP contribution in [0.5, 0.6) is 5.75 Å². The summed E-state index contributed by atoms with van der Waals surface area (Å²) >= 11 is 3.42. The number of rotatable bonds is 1. The Kier molecular flexibility index (Phi) is 2.33. The number of hydrogen-bond acceptors (Lipinski definition) is 3. The van der Waals surface area contributed by atoms with Crippen molar-refractivity contribution >= 4 is 21.6 Å².